The van der Waals surface area contributed by atoms with Crippen molar-refractivity contribution in [2.45, 2.75) is 20.3 Å². The van der Waals surface area contributed by atoms with Gasteiger partial charge in [-0.3, -0.25) is 4.79 Å². The molecule has 3 rings (SSSR count). The number of aryl methyl sites for hydroxylation is 1. The van der Waals surface area contributed by atoms with Crippen molar-refractivity contribution in [3.63, 3.8) is 0 Å². The van der Waals surface area contributed by atoms with E-state index < -0.39 is 5.97 Å². The van der Waals surface area contributed by atoms with E-state index in [1.54, 1.807) is 13.0 Å². The first-order chi connectivity index (χ1) is 12.6. The van der Waals surface area contributed by atoms with Crippen LogP contribution >= 0.6 is 22.7 Å². The molecular formula is C19H18N2O3S2. The molecule has 0 unspecified atom stereocenters. The van der Waals surface area contributed by atoms with Crippen molar-refractivity contribution in [2.24, 2.45) is 0 Å². The summed E-state index contributed by atoms with van der Waals surface area (Å²) < 4.78 is 5.13. The molecule has 0 saturated carbocycles. The largest absolute Gasteiger partial charge is 0.462 e. The third kappa shape index (κ3) is 4.36. The minimum Gasteiger partial charge on any atom is -0.462 e. The van der Waals surface area contributed by atoms with Crippen LogP contribution in [0.25, 0.3) is 10.4 Å². The fraction of sp³-hybridized carbons (Fsp3) is 0.211. The van der Waals surface area contributed by atoms with E-state index in [2.05, 4.69) is 10.3 Å². The van der Waals surface area contributed by atoms with Gasteiger partial charge in [0.05, 0.1) is 29.3 Å². The lowest BCUT2D eigenvalue weighted by atomic mass is 10.1. The van der Waals surface area contributed by atoms with Gasteiger partial charge in [-0.2, -0.15) is 0 Å². The maximum Gasteiger partial charge on any atom is 0.341 e. The average Bonchev–Trinajstić information content (AvgIpc) is 3.22. The van der Waals surface area contributed by atoms with Crippen LogP contribution in [-0.2, 0) is 16.0 Å². The molecule has 0 aliphatic heterocycles. The van der Waals surface area contributed by atoms with Gasteiger partial charge in [0.15, 0.2) is 0 Å². The number of hydrogen-bond acceptors (Lipinski definition) is 6. The lowest BCUT2D eigenvalue weighted by Gasteiger charge is -2.05. The van der Waals surface area contributed by atoms with Crippen LogP contribution in [0, 0.1) is 6.92 Å². The molecule has 1 aromatic carbocycles. The molecule has 0 fully saturated rings. The molecule has 1 N–H and O–H groups in total. The van der Waals surface area contributed by atoms with Crippen molar-refractivity contribution < 1.29 is 14.3 Å². The van der Waals surface area contributed by atoms with Gasteiger partial charge in [0.1, 0.15) is 5.00 Å². The van der Waals surface area contributed by atoms with Crippen molar-refractivity contribution in [3.8, 4) is 10.4 Å². The van der Waals surface area contributed by atoms with Gasteiger partial charge < -0.3 is 10.1 Å². The number of thiophene rings is 1. The number of esters is 1. The van der Waals surface area contributed by atoms with Gasteiger partial charge in [-0.15, -0.1) is 22.7 Å². The van der Waals surface area contributed by atoms with E-state index in [0.717, 1.165) is 21.1 Å². The number of amides is 1. The Labute approximate surface area is 159 Å². The molecular weight excluding hydrogens is 368 g/mol. The van der Waals surface area contributed by atoms with Crippen molar-refractivity contribution in [2.75, 3.05) is 11.9 Å². The molecule has 26 heavy (non-hydrogen) atoms. The van der Waals surface area contributed by atoms with Gasteiger partial charge in [-0.1, -0.05) is 30.3 Å². The number of anilines is 1. The van der Waals surface area contributed by atoms with Crippen LogP contribution in [0.1, 0.15) is 28.0 Å². The normalized spacial score (nSPS) is 10.5. The van der Waals surface area contributed by atoms with Crippen molar-refractivity contribution in [3.05, 3.63) is 58.0 Å². The van der Waals surface area contributed by atoms with E-state index in [9.17, 15) is 9.59 Å². The van der Waals surface area contributed by atoms with E-state index >= 15 is 0 Å². The molecule has 134 valence electrons. The Balaban J connectivity index is 1.85. The van der Waals surface area contributed by atoms with Crippen molar-refractivity contribution in [1.29, 1.82) is 0 Å². The van der Waals surface area contributed by atoms with E-state index in [1.807, 2.05) is 42.6 Å². The third-order valence-electron chi connectivity index (χ3n) is 3.55. The SMILES string of the molecule is CCOC(=O)c1cc(-c2ccccc2)sc1NC(=O)Cc1csc(C)n1. The smallest absolute Gasteiger partial charge is 0.341 e. The second kappa shape index (κ2) is 8.25. The van der Waals surface area contributed by atoms with Crippen LogP contribution in [-0.4, -0.2) is 23.5 Å². The summed E-state index contributed by atoms with van der Waals surface area (Å²) in [5.74, 6) is -0.645. The lowest BCUT2D eigenvalue weighted by molar-refractivity contribution is -0.115. The van der Waals surface area contributed by atoms with Gasteiger partial charge in [-0.25, -0.2) is 9.78 Å². The first-order valence-electron chi connectivity index (χ1n) is 8.14. The quantitative estimate of drug-likeness (QED) is 0.632. The number of nitrogens with zero attached hydrogens (tertiary/aromatic N) is 1. The van der Waals surface area contributed by atoms with Crippen LogP contribution in [0.3, 0.4) is 0 Å². The molecule has 0 atom stereocenters. The second-order valence-electron chi connectivity index (χ2n) is 5.52. The van der Waals surface area contributed by atoms with E-state index in [4.69, 9.17) is 4.74 Å². The zero-order valence-corrected chi connectivity index (χ0v) is 16.1. The summed E-state index contributed by atoms with van der Waals surface area (Å²) in [6, 6.07) is 11.5. The summed E-state index contributed by atoms with van der Waals surface area (Å²) >= 11 is 2.87. The molecule has 5 nitrogen and oxygen atoms in total. The minimum absolute atomic E-state index is 0.172. The van der Waals surface area contributed by atoms with Crippen LogP contribution in [0.5, 0.6) is 0 Å². The summed E-state index contributed by atoms with van der Waals surface area (Å²) in [6.45, 7) is 3.93. The highest BCUT2D eigenvalue weighted by Gasteiger charge is 2.20. The number of carbonyl (C=O) groups excluding carboxylic acids is 2. The fourth-order valence-corrected chi connectivity index (χ4v) is 4.09. The summed E-state index contributed by atoms with van der Waals surface area (Å²) in [4.78, 5) is 29.9. The highest BCUT2D eigenvalue weighted by atomic mass is 32.1. The topological polar surface area (TPSA) is 68.3 Å². The molecule has 0 aliphatic carbocycles. The first kappa shape index (κ1) is 18.3. The number of nitrogens with one attached hydrogen (secondary N) is 1. The number of rotatable bonds is 6. The molecule has 0 spiro atoms. The summed E-state index contributed by atoms with van der Waals surface area (Å²) in [5, 5.41) is 6.13. The first-order valence-corrected chi connectivity index (χ1v) is 9.83. The maximum absolute atomic E-state index is 12.4. The predicted octanol–water partition coefficient (Wildman–Crippen LogP) is 4.54. The minimum atomic E-state index is -0.439. The van der Waals surface area contributed by atoms with Gasteiger partial charge in [0, 0.05) is 10.3 Å². The van der Waals surface area contributed by atoms with Gasteiger partial charge >= 0.3 is 5.97 Å². The molecule has 3 aromatic rings. The zero-order valence-electron chi connectivity index (χ0n) is 14.4. The number of ether oxygens (including phenoxy) is 1. The number of thiazole rings is 1. The second-order valence-corrected chi connectivity index (χ2v) is 7.64. The van der Waals surface area contributed by atoms with Crippen LogP contribution in [0.2, 0.25) is 0 Å². The Morgan fingerprint density at radius 3 is 2.65 bits per heavy atom. The summed E-state index contributed by atoms with van der Waals surface area (Å²) in [7, 11) is 0. The Morgan fingerprint density at radius 1 is 1.23 bits per heavy atom. The maximum atomic E-state index is 12.4. The third-order valence-corrected chi connectivity index (χ3v) is 5.47. The van der Waals surface area contributed by atoms with Crippen LogP contribution in [0.15, 0.2) is 41.8 Å². The lowest BCUT2D eigenvalue weighted by Crippen LogP contribution is -2.16. The Morgan fingerprint density at radius 2 is 2.00 bits per heavy atom. The van der Waals surface area contributed by atoms with Crippen molar-refractivity contribution >= 4 is 39.6 Å². The molecule has 0 radical (unpaired) electrons. The zero-order chi connectivity index (χ0) is 18.5. The van der Waals surface area contributed by atoms with Crippen molar-refractivity contribution in [1.82, 2.24) is 4.98 Å². The molecule has 1 amide bonds. The predicted molar refractivity (Wildman–Crippen MR) is 105 cm³/mol. The Kier molecular flexibility index (Phi) is 5.80. The molecule has 0 bridgehead atoms. The number of benzene rings is 1. The fourth-order valence-electron chi connectivity index (χ4n) is 2.41. The van der Waals surface area contributed by atoms with Gasteiger partial charge in [0.2, 0.25) is 5.91 Å². The van der Waals surface area contributed by atoms with Gasteiger partial charge in [0.25, 0.3) is 0 Å². The number of carbonyl (C=O) groups is 2. The Hall–Kier alpha value is -2.51. The number of hydrogen-bond donors (Lipinski definition) is 1. The van der Waals surface area contributed by atoms with Crippen LogP contribution < -0.4 is 5.32 Å². The molecule has 7 heteroatoms. The summed E-state index contributed by atoms with van der Waals surface area (Å²) in [6.07, 6.45) is 0.172. The van der Waals surface area contributed by atoms with E-state index in [1.165, 1.54) is 22.7 Å². The van der Waals surface area contributed by atoms with Crippen LogP contribution in [0.4, 0.5) is 5.00 Å². The highest BCUT2D eigenvalue weighted by Crippen LogP contribution is 2.36. The molecule has 0 saturated heterocycles. The summed E-state index contributed by atoms with van der Waals surface area (Å²) in [5.41, 5.74) is 2.08. The highest BCUT2D eigenvalue weighted by molar-refractivity contribution is 7.20. The molecule has 0 aliphatic rings. The molecule has 2 aromatic heterocycles. The van der Waals surface area contributed by atoms with E-state index in [0.29, 0.717) is 10.6 Å². The van der Waals surface area contributed by atoms with Gasteiger partial charge in [-0.05, 0) is 25.5 Å². The monoisotopic (exact) mass is 386 g/mol. The molecule has 2 heterocycles. The average molecular weight is 386 g/mol. The Bertz CT molecular complexity index is 916. The standard InChI is InChI=1S/C19H18N2O3S2/c1-3-24-19(23)15-10-16(13-7-5-4-6-8-13)26-18(15)21-17(22)9-14-11-25-12(2)20-14/h4-8,10-11H,3,9H2,1-2H3,(H,21,22). The van der Waals surface area contributed by atoms with E-state index in [-0.39, 0.29) is 18.9 Å². The number of aromatic nitrogens is 1.